The van der Waals surface area contributed by atoms with Crippen LogP contribution in [0.3, 0.4) is 0 Å². The predicted octanol–water partition coefficient (Wildman–Crippen LogP) is 1.57. The first-order valence-electron chi connectivity index (χ1n) is 5.08. The van der Waals surface area contributed by atoms with E-state index in [1.165, 1.54) is 32.4 Å². The molecule has 0 radical (unpaired) electrons. The average Bonchev–Trinajstić information content (AvgIpc) is 2.60. The molecule has 0 amide bonds. The molecule has 0 aromatic carbocycles. The molecule has 3 heteroatoms. The summed E-state index contributed by atoms with van der Waals surface area (Å²) < 4.78 is 0. The van der Waals surface area contributed by atoms with Crippen LogP contribution in [0.1, 0.15) is 19.3 Å². The van der Waals surface area contributed by atoms with Crippen LogP contribution in [0.15, 0.2) is 11.6 Å². The summed E-state index contributed by atoms with van der Waals surface area (Å²) in [4.78, 5) is 2.59. The second kappa shape index (κ2) is 3.99. The van der Waals surface area contributed by atoms with Gasteiger partial charge in [0.05, 0.1) is 0 Å². The topological polar surface area (TPSA) is 15.3 Å². The number of hydrogen-bond acceptors (Lipinski definition) is 2. The van der Waals surface area contributed by atoms with Gasteiger partial charge in [-0.1, -0.05) is 18.2 Å². The normalized spacial score (nSPS) is 33.6. The summed E-state index contributed by atoms with van der Waals surface area (Å²) in [6, 6.07) is 1.43. The van der Waals surface area contributed by atoms with Gasteiger partial charge >= 0.3 is 0 Å². The smallest absolute Gasteiger partial charge is 0.0310 e. The summed E-state index contributed by atoms with van der Waals surface area (Å²) in [5, 5.41) is 4.20. The standard InChI is InChI=1S/C10H17ClN2/c1-8(11)7-12-9-4-6-13-5-2-3-10(9)13/h9-10,12H,1-7H2. The first-order chi connectivity index (χ1) is 6.27. The summed E-state index contributed by atoms with van der Waals surface area (Å²) in [6.07, 6.45) is 3.99. The Labute approximate surface area is 84.9 Å². The van der Waals surface area contributed by atoms with Crippen molar-refractivity contribution < 1.29 is 0 Å². The molecular weight excluding hydrogens is 184 g/mol. The van der Waals surface area contributed by atoms with E-state index in [2.05, 4.69) is 16.8 Å². The number of halogens is 1. The Hall–Kier alpha value is -0.0500. The van der Waals surface area contributed by atoms with E-state index in [0.29, 0.717) is 6.04 Å². The van der Waals surface area contributed by atoms with E-state index < -0.39 is 0 Å². The highest BCUT2D eigenvalue weighted by atomic mass is 35.5. The zero-order chi connectivity index (χ0) is 9.26. The van der Waals surface area contributed by atoms with E-state index in [9.17, 15) is 0 Å². The zero-order valence-corrected chi connectivity index (χ0v) is 8.69. The van der Waals surface area contributed by atoms with E-state index in [1.54, 1.807) is 0 Å². The third-order valence-corrected chi connectivity index (χ3v) is 3.30. The van der Waals surface area contributed by atoms with Gasteiger partial charge in [0, 0.05) is 30.2 Å². The number of fused-ring (bicyclic) bond motifs is 1. The van der Waals surface area contributed by atoms with Gasteiger partial charge in [0.25, 0.3) is 0 Å². The fourth-order valence-electron chi connectivity index (χ4n) is 2.56. The van der Waals surface area contributed by atoms with Crippen molar-refractivity contribution in [2.75, 3.05) is 19.6 Å². The number of nitrogens with zero attached hydrogens (tertiary/aromatic N) is 1. The SMILES string of the molecule is C=C(Cl)CNC1CCN2CCCC12. The molecule has 0 aliphatic carbocycles. The predicted molar refractivity (Wildman–Crippen MR) is 56.0 cm³/mol. The summed E-state index contributed by atoms with van der Waals surface area (Å²) in [5.74, 6) is 0. The Morgan fingerprint density at radius 2 is 2.31 bits per heavy atom. The van der Waals surface area contributed by atoms with Crippen LogP contribution in [-0.4, -0.2) is 36.6 Å². The second-order valence-electron chi connectivity index (χ2n) is 4.04. The van der Waals surface area contributed by atoms with Crippen LogP contribution in [0.2, 0.25) is 0 Å². The van der Waals surface area contributed by atoms with Crippen LogP contribution in [0.4, 0.5) is 0 Å². The van der Waals surface area contributed by atoms with Crippen LogP contribution < -0.4 is 5.32 Å². The molecule has 13 heavy (non-hydrogen) atoms. The van der Waals surface area contributed by atoms with Crippen LogP contribution in [0.5, 0.6) is 0 Å². The third kappa shape index (κ3) is 2.06. The Kier molecular flexibility index (Phi) is 2.92. The molecule has 2 nitrogen and oxygen atoms in total. The maximum absolute atomic E-state index is 5.73. The number of hydrogen-bond donors (Lipinski definition) is 1. The lowest BCUT2D eigenvalue weighted by Crippen LogP contribution is -2.39. The van der Waals surface area contributed by atoms with Crippen molar-refractivity contribution >= 4 is 11.6 Å². The molecule has 2 aliphatic rings. The van der Waals surface area contributed by atoms with E-state index >= 15 is 0 Å². The quantitative estimate of drug-likeness (QED) is 0.744. The monoisotopic (exact) mass is 200 g/mol. The first kappa shape index (κ1) is 9.50. The Balaban J connectivity index is 1.83. The zero-order valence-electron chi connectivity index (χ0n) is 7.93. The first-order valence-corrected chi connectivity index (χ1v) is 5.46. The molecule has 74 valence electrons. The van der Waals surface area contributed by atoms with E-state index in [-0.39, 0.29) is 0 Å². The lowest BCUT2D eigenvalue weighted by molar-refractivity contribution is 0.301. The lowest BCUT2D eigenvalue weighted by Gasteiger charge is -2.20. The molecule has 2 fully saturated rings. The van der Waals surface area contributed by atoms with Gasteiger partial charge in [-0.25, -0.2) is 0 Å². The third-order valence-electron chi connectivity index (χ3n) is 3.16. The molecule has 2 aliphatic heterocycles. The molecule has 2 rings (SSSR count). The minimum atomic E-state index is 0.651. The molecule has 0 bridgehead atoms. The van der Waals surface area contributed by atoms with Gasteiger partial charge in [0.15, 0.2) is 0 Å². The van der Waals surface area contributed by atoms with Crippen molar-refractivity contribution in [3.05, 3.63) is 11.6 Å². The van der Waals surface area contributed by atoms with Crippen LogP contribution in [0, 0.1) is 0 Å². The fourth-order valence-corrected chi connectivity index (χ4v) is 2.64. The van der Waals surface area contributed by atoms with E-state index in [4.69, 9.17) is 11.6 Å². The molecule has 2 unspecified atom stereocenters. The maximum Gasteiger partial charge on any atom is 0.0310 e. The van der Waals surface area contributed by atoms with E-state index in [1.807, 2.05) is 0 Å². The highest BCUT2D eigenvalue weighted by Crippen LogP contribution is 2.27. The minimum Gasteiger partial charge on any atom is -0.307 e. The van der Waals surface area contributed by atoms with Gasteiger partial charge in [-0.3, -0.25) is 4.90 Å². The van der Waals surface area contributed by atoms with Gasteiger partial charge in [-0.15, -0.1) is 0 Å². The van der Waals surface area contributed by atoms with Crippen LogP contribution >= 0.6 is 11.6 Å². The molecule has 2 saturated heterocycles. The highest BCUT2D eigenvalue weighted by Gasteiger charge is 2.36. The minimum absolute atomic E-state index is 0.651. The van der Waals surface area contributed by atoms with Crippen molar-refractivity contribution in [3.8, 4) is 0 Å². The van der Waals surface area contributed by atoms with Gasteiger partial charge in [-0.05, 0) is 25.8 Å². The maximum atomic E-state index is 5.73. The van der Waals surface area contributed by atoms with Gasteiger partial charge < -0.3 is 5.32 Å². The summed E-state index contributed by atoms with van der Waals surface area (Å²) >= 11 is 5.73. The van der Waals surface area contributed by atoms with Gasteiger partial charge in [0.2, 0.25) is 0 Å². The fraction of sp³-hybridized carbons (Fsp3) is 0.800. The van der Waals surface area contributed by atoms with Crippen molar-refractivity contribution in [1.82, 2.24) is 10.2 Å². The summed E-state index contributed by atoms with van der Waals surface area (Å²) in [5.41, 5.74) is 0. The second-order valence-corrected chi connectivity index (χ2v) is 4.57. The highest BCUT2D eigenvalue weighted by molar-refractivity contribution is 6.29. The Bertz CT molecular complexity index is 205. The summed E-state index contributed by atoms with van der Waals surface area (Å²) in [7, 11) is 0. The molecule has 2 heterocycles. The lowest BCUT2D eigenvalue weighted by atomic mass is 10.1. The Morgan fingerprint density at radius 3 is 3.08 bits per heavy atom. The van der Waals surface area contributed by atoms with Crippen LogP contribution in [-0.2, 0) is 0 Å². The molecule has 0 spiro atoms. The summed E-state index contributed by atoms with van der Waals surface area (Å²) in [6.45, 7) is 7.01. The molecule has 1 N–H and O–H groups in total. The largest absolute Gasteiger partial charge is 0.307 e. The van der Waals surface area contributed by atoms with Crippen LogP contribution in [0.25, 0.3) is 0 Å². The van der Waals surface area contributed by atoms with Crippen molar-refractivity contribution in [1.29, 1.82) is 0 Å². The van der Waals surface area contributed by atoms with Gasteiger partial charge in [0.1, 0.15) is 0 Å². The molecule has 0 saturated carbocycles. The van der Waals surface area contributed by atoms with E-state index in [0.717, 1.165) is 17.6 Å². The molecular formula is C10H17ClN2. The number of nitrogens with one attached hydrogen (secondary N) is 1. The molecule has 0 aromatic heterocycles. The Morgan fingerprint density at radius 1 is 1.46 bits per heavy atom. The van der Waals surface area contributed by atoms with Crippen molar-refractivity contribution in [3.63, 3.8) is 0 Å². The van der Waals surface area contributed by atoms with Crippen molar-refractivity contribution in [2.24, 2.45) is 0 Å². The van der Waals surface area contributed by atoms with Gasteiger partial charge in [-0.2, -0.15) is 0 Å². The number of rotatable bonds is 3. The average molecular weight is 201 g/mol. The molecule has 0 aromatic rings. The van der Waals surface area contributed by atoms with Crippen molar-refractivity contribution in [2.45, 2.75) is 31.3 Å². The molecule has 2 atom stereocenters.